The number of amides is 1. The smallest absolute Gasteiger partial charge is 0.240 e. The fourth-order valence-electron chi connectivity index (χ4n) is 2.92. The number of nitrogens with two attached hydrogens (primary N) is 1. The molecule has 1 aromatic rings. The normalized spacial score (nSPS) is 19.2. The first kappa shape index (κ1) is 14.1. The molecule has 3 nitrogen and oxygen atoms in total. The Hall–Kier alpha value is -1.35. The van der Waals surface area contributed by atoms with Gasteiger partial charge >= 0.3 is 0 Å². The molecule has 19 heavy (non-hydrogen) atoms. The quantitative estimate of drug-likeness (QED) is 0.878. The van der Waals surface area contributed by atoms with Crippen molar-refractivity contribution in [1.82, 2.24) is 5.32 Å². The highest BCUT2D eigenvalue weighted by molar-refractivity contribution is 5.86. The molecule has 1 atom stereocenters. The van der Waals surface area contributed by atoms with E-state index < -0.39 is 5.54 Å². The molecule has 1 aromatic carbocycles. The second kappa shape index (κ2) is 5.33. The van der Waals surface area contributed by atoms with Crippen molar-refractivity contribution in [2.75, 3.05) is 0 Å². The summed E-state index contributed by atoms with van der Waals surface area (Å²) >= 11 is 0. The van der Waals surface area contributed by atoms with Gasteiger partial charge in [0.25, 0.3) is 0 Å². The Kier molecular flexibility index (Phi) is 3.95. The van der Waals surface area contributed by atoms with Gasteiger partial charge in [-0.25, -0.2) is 0 Å². The van der Waals surface area contributed by atoms with E-state index in [0.29, 0.717) is 0 Å². The Morgan fingerprint density at radius 1 is 1.21 bits per heavy atom. The fraction of sp³-hybridized carbons (Fsp3) is 0.562. The molecule has 1 aliphatic rings. The molecule has 1 aliphatic carbocycles. The van der Waals surface area contributed by atoms with Gasteiger partial charge in [0, 0.05) is 0 Å². The van der Waals surface area contributed by atoms with Crippen molar-refractivity contribution >= 4 is 5.91 Å². The molecule has 0 aliphatic heterocycles. The summed E-state index contributed by atoms with van der Waals surface area (Å²) in [6.07, 6.45) is 3.72. The van der Waals surface area contributed by atoms with E-state index in [1.165, 1.54) is 11.1 Å². The van der Waals surface area contributed by atoms with Gasteiger partial charge in [0.2, 0.25) is 5.91 Å². The molecule has 0 saturated heterocycles. The summed E-state index contributed by atoms with van der Waals surface area (Å²) in [7, 11) is 0. The monoisotopic (exact) mass is 260 g/mol. The van der Waals surface area contributed by atoms with E-state index in [4.69, 9.17) is 5.73 Å². The third kappa shape index (κ3) is 3.16. The van der Waals surface area contributed by atoms with Crippen molar-refractivity contribution in [3.63, 3.8) is 0 Å². The summed E-state index contributed by atoms with van der Waals surface area (Å²) in [5.74, 6) is -0.00309. The minimum absolute atomic E-state index is 0.00309. The first-order valence-corrected chi connectivity index (χ1v) is 7.09. The third-order valence-corrected chi connectivity index (χ3v) is 4.04. The molecule has 2 rings (SSSR count). The van der Waals surface area contributed by atoms with Crippen LogP contribution in [0.4, 0.5) is 0 Å². The summed E-state index contributed by atoms with van der Waals surface area (Å²) < 4.78 is 0. The van der Waals surface area contributed by atoms with Crippen LogP contribution in [-0.2, 0) is 4.79 Å². The SMILES string of the molecule is Cc1cc(C)cc(C(C)NC(=O)C2(N)CCCC2)c1. The van der Waals surface area contributed by atoms with Crippen LogP contribution in [0.15, 0.2) is 18.2 Å². The highest BCUT2D eigenvalue weighted by atomic mass is 16.2. The van der Waals surface area contributed by atoms with E-state index in [0.717, 1.165) is 31.2 Å². The van der Waals surface area contributed by atoms with Crippen molar-refractivity contribution in [2.45, 2.75) is 58.0 Å². The maximum absolute atomic E-state index is 12.3. The van der Waals surface area contributed by atoms with Crippen molar-refractivity contribution in [3.05, 3.63) is 34.9 Å². The van der Waals surface area contributed by atoms with Crippen LogP contribution in [0.1, 0.15) is 55.3 Å². The molecule has 1 saturated carbocycles. The lowest BCUT2D eigenvalue weighted by Gasteiger charge is -2.25. The molecule has 0 heterocycles. The fourth-order valence-corrected chi connectivity index (χ4v) is 2.92. The number of hydrogen-bond acceptors (Lipinski definition) is 2. The van der Waals surface area contributed by atoms with Crippen LogP contribution in [0.2, 0.25) is 0 Å². The van der Waals surface area contributed by atoms with Gasteiger partial charge in [-0.05, 0) is 39.2 Å². The van der Waals surface area contributed by atoms with E-state index in [2.05, 4.69) is 37.4 Å². The lowest BCUT2D eigenvalue weighted by atomic mass is 9.96. The standard InChI is InChI=1S/C16H24N2O/c1-11-8-12(2)10-14(9-11)13(3)18-15(19)16(17)6-4-5-7-16/h8-10,13H,4-7,17H2,1-3H3,(H,18,19). The molecular formula is C16H24N2O. The molecule has 0 spiro atoms. The van der Waals surface area contributed by atoms with Crippen molar-refractivity contribution in [2.24, 2.45) is 5.73 Å². The molecule has 0 aromatic heterocycles. The molecule has 1 amide bonds. The Bertz CT molecular complexity index is 455. The molecular weight excluding hydrogens is 236 g/mol. The summed E-state index contributed by atoms with van der Waals surface area (Å²) in [6.45, 7) is 6.17. The Balaban J connectivity index is 2.08. The molecule has 3 heteroatoms. The van der Waals surface area contributed by atoms with Crippen LogP contribution in [0.5, 0.6) is 0 Å². The number of benzene rings is 1. The van der Waals surface area contributed by atoms with Gasteiger partial charge in [-0.2, -0.15) is 0 Å². The molecule has 1 fully saturated rings. The van der Waals surface area contributed by atoms with Crippen LogP contribution in [0, 0.1) is 13.8 Å². The first-order chi connectivity index (χ1) is 8.90. The number of carbonyl (C=O) groups is 1. The zero-order valence-electron chi connectivity index (χ0n) is 12.1. The predicted molar refractivity (Wildman–Crippen MR) is 77.9 cm³/mol. The average molecular weight is 260 g/mol. The van der Waals surface area contributed by atoms with Crippen LogP contribution >= 0.6 is 0 Å². The van der Waals surface area contributed by atoms with Crippen molar-refractivity contribution in [3.8, 4) is 0 Å². The van der Waals surface area contributed by atoms with Crippen LogP contribution in [0.3, 0.4) is 0 Å². The van der Waals surface area contributed by atoms with Crippen LogP contribution < -0.4 is 11.1 Å². The molecule has 0 bridgehead atoms. The topological polar surface area (TPSA) is 55.1 Å². The van der Waals surface area contributed by atoms with Crippen LogP contribution in [-0.4, -0.2) is 11.4 Å². The van der Waals surface area contributed by atoms with E-state index in [1.54, 1.807) is 0 Å². The molecule has 104 valence electrons. The maximum Gasteiger partial charge on any atom is 0.240 e. The summed E-state index contributed by atoms with van der Waals surface area (Å²) in [6, 6.07) is 6.39. The van der Waals surface area contributed by atoms with Crippen molar-refractivity contribution < 1.29 is 4.79 Å². The molecule has 1 unspecified atom stereocenters. The maximum atomic E-state index is 12.3. The van der Waals surface area contributed by atoms with Gasteiger partial charge in [0.1, 0.15) is 0 Å². The minimum atomic E-state index is -0.646. The molecule has 3 N–H and O–H groups in total. The highest BCUT2D eigenvalue weighted by Crippen LogP contribution is 2.28. The molecule has 0 radical (unpaired) electrons. The average Bonchev–Trinajstić information content (AvgIpc) is 2.76. The summed E-state index contributed by atoms with van der Waals surface area (Å²) in [5.41, 5.74) is 9.12. The number of carbonyl (C=O) groups excluding carboxylic acids is 1. The summed E-state index contributed by atoms with van der Waals surface area (Å²) in [4.78, 5) is 12.3. The number of nitrogens with one attached hydrogen (secondary N) is 1. The lowest BCUT2D eigenvalue weighted by molar-refractivity contribution is -0.126. The van der Waals surface area contributed by atoms with E-state index in [9.17, 15) is 4.79 Å². The van der Waals surface area contributed by atoms with Gasteiger partial charge in [0.15, 0.2) is 0 Å². The van der Waals surface area contributed by atoms with E-state index in [-0.39, 0.29) is 11.9 Å². The third-order valence-electron chi connectivity index (χ3n) is 4.04. The Labute approximate surface area is 115 Å². The Morgan fingerprint density at radius 3 is 2.26 bits per heavy atom. The van der Waals surface area contributed by atoms with Gasteiger partial charge in [-0.1, -0.05) is 42.2 Å². The summed E-state index contributed by atoms with van der Waals surface area (Å²) in [5, 5.41) is 3.07. The Morgan fingerprint density at radius 2 is 1.74 bits per heavy atom. The zero-order valence-corrected chi connectivity index (χ0v) is 12.1. The second-order valence-corrected chi connectivity index (χ2v) is 5.98. The number of hydrogen-bond donors (Lipinski definition) is 2. The second-order valence-electron chi connectivity index (χ2n) is 5.98. The van der Waals surface area contributed by atoms with Gasteiger partial charge < -0.3 is 11.1 Å². The zero-order chi connectivity index (χ0) is 14.0. The van der Waals surface area contributed by atoms with Gasteiger partial charge in [-0.3, -0.25) is 4.79 Å². The first-order valence-electron chi connectivity index (χ1n) is 7.09. The predicted octanol–water partition coefficient (Wildman–Crippen LogP) is 2.75. The number of aryl methyl sites for hydroxylation is 2. The van der Waals surface area contributed by atoms with Crippen molar-refractivity contribution in [1.29, 1.82) is 0 Å². The minimum Gasteiger partial charge on any atom is -0.348 e. The lowest BCUT2D eigenvalue weighted by Crippen LogP contribution is -2.52. The highest BCUT2D eigenvalue weighted by Gasteiger charge is 2.37. The van der Waals surface area contributed by atoms with E-state index in [1.807, 2.05) is 6.92 Å². The van der Waals surface area contributed by atoms with Crippen LogP contribution in [0.25, 0.3) is 0 Å². The number of rotatable bonds is 3. The largest absolute Gasteiger partial charge is 0.348 e. The van der Waals surface area contributed by atoms with Gasteiger partial charge in [0.05, 0.1) is 11.6 Å². The van der Waals surface area contributed by atoms with E-state index >= 15 is 0 Å². The van der Waals surface area contributed by atoms with Gasteiger partial charge in [-0.15, -0.1) is 0 Å².